The minimum atomic E-state index is -1.92. The second kappa shape index (κ2) is 8.79. The van der Waals surface area contributed by atoms with E-state index in [1.165, 1.54) is 16.4 Å². The summed E-state index contributed by atoms with van der Waals surface area (Å²) in [5.41, 5.74) is -1.10. The van der Waals surface area contributed by atoms with Crippen molar-refractivity contribution >= 4 is 34.1 Å². The first-order valence-electron chi connectivity index (χ1n) is 8.56. The summed E-state index contributed by atoms with van der Waals surface area (Å²) in [5, 5.41) is 28.7. The van der Waals surface area contributed by atoms with Crippen LogP contribution in [0.5, 0.6) is 0 Å². The van der Waals surface area contributed by atoms with Crippen molar-refractivity contribution in [3.63, 3.8) is 0 Å². The summed E-state index contributed by atoms with van der Waals surface area (Å²) in [7, 11) is 0. The van der Waals surface area contributed by atoms with E-state index in [1.54, 1.807) is 24.3 Å². The number of rotatable bonds is 5. The summed E-state index contributed by atoms with van der Waals surface area (Å²) in [4.78, 5) is 0.410. The normalized spacial score (nSPS) is 24.3. The molecule has 29 heavy (non-hydrogen) atoms. The van der Waals surface area contributed by atoms with Gasteiger partial charge in [0, 0.05) is 6.07 Å². The van der Waals surface area contributed by atoms with Crippen LogP contribution in [-0.2, 0) is 22.5 Å². The molecule has 0 bridgehead atoms. The van der Waals surface area contributed by atoms with Crippen molar-refractivity contribution in [2.24, 2.45) is 0 Å². The Morgan fingerprint density at radius 3 is 2.66 bits per heavy atom. The quantitative estimate of drug-likeness (QED) is 0.664. The van der Waals surface area contributed by atoms with Gasteiger partial charge >= 0.3 is 0 Å². The third-order valence-corrected chi connectivity index (χ3v) is 8.48. The van der Waals surface area contributed by atoms with Gasteiger partial charge in [0.05, 0.1) is 41.6 Å². The van der Waals surface area contributed by atoms with E-state index in [-0.39, 0.29) is 23.5 Å². The molecule has 0 saturated carbocycles. The minimum absolute atomic E-state index is 0.0674. The smallest absolute Gasteiger partial charge is 0.192 e. The first kappa shape index (κ1) is 22.3. The molecule has 0 radical (unpaired) electrons. The van der Waals surface area contributed by atoms with E-state index in [0.717, 1.165) is 11.6 Å². The first-order valence-corrected chi connectivity index (χ1v) is 11.3. The van der Waals surface area contributed by atoms with Crippen molar-refractivity contribution < 1.29 is 23.7 Å². The number of aryl methyl sites for hydroxylation is 1. The molecule has 2 aromatic rings. The van der Waals surface area contributed by atoms with Gasteiger partial charge in [0.1, 0.15) is 11.9 Å². The van der Waals surface area contributed by atoms with Gasteiger partial charge in [0.15, 0.2) is 20.6 Å². The third kappa shape index (κ3) is 4.40. The highest BCUT2D eigenvalue weighted by Crippen LogP contribution is 2.36. The van der Waals surface area contributed by atoms with Crippen molar-refractivity contribution in [2.75, 3.05) is 19.7 Å². The predicted octanol–water partition coefficient (Wildman–Crippen LogP) is 1.90. The number of β-amino-alcohol motifs (C(OH)–C–C–N with tert-alkyl or cyclic N) is 1. The molecular formula is C19H18ClFN2O4S2. The van der Waals surface area contributed by atoms with Gasteiger partial charge in [-0.25, -0.2) is 4.39 Å². The molecule has 0 aliphatic carbocycles. The Kier molecular flexibility index (Phi) is 6.77. The second-order valence-corrected chi connectivity index (χ2v) is 10.3. The van der Waals surface area contributed by atoms with Gasteiger partial charge in [-0.2, -0.15) is 5.26 Å². The largest absolute Gasteiger partial charge is 0.611 e. The Morgan fingerprint density at radius 1 is 1.34 bits per heavy atom. The molecule has 0 amide bonds. The Hall–Kier alpha value is -1.35. The van der Waals surface area contributed by atoms with E-state index < -0.39 is 45.8 Å². The van der Waals surface area contributed by atoms with Crippen molar-refractivity contribution in [1.82, 2.24) is 4.31 Å². The van der Waals surface area contributed by atoms with E-state index in [2.05, 4.69) is 0 Å². The van der Waals surface area contributed by atoms with Crippen LogP contribution in [0.1, 0.15) is 11.1 Å². The predicted molar refractivity (Wildman–Crippen MR) is 108 cm³/mol. The number of hydrogen-bond acceptors (Lipinski definition) is 6. The van der Waals surface area contributed by atoms with Gasteiger partial charge < -0.3 is 19.3 Å². The number of nitrogens with zero attached hydrogens (tertiary/aromatic N) is 2. The monoisotopic (exact) mass is 456 g/mol. The Labute approximate surface area is 179 Å². The van der Waals surface area contributed by atoms with E-state index in [4.69, 9.17) is 16.9 Å². The molecule has 1 aliphatic heterocycles. The maximum atomic E-state index is 13.9. The highest BCUT2D eigenvalue weighted by molar-refractivity contribution is 7.92. The summed E-state index contributed by atoms with van der Waals surface area (Å²) >= 11 is 2.52. The Morgan fingerprint density at radius 2 is 2.07 bits per heavy atom. The van der Waals surface area contributed by atoms with Crippen LogP contribution in [0.2, 0.25) is 5.02 Å². The highest BCUT2D eigenvalue weighted by Gasteiger charge is 2.56. The molecule has 1 heterocycles. The molecule has 10 heteroatoms. The lowest BCUT2D eigenvalue weighted by molar-refractivity contribution is 0.00159. The van der Waals surface area contributed by atoms with E-state index in [1.807, 2.05) is 6.92 Å². The maximum absolute atomic E-state index is 13.9. The van der Waals surface area contributed by atoms with Gasteiger partial charge in [-0.1, -0.05) is 17.7 Å². The molecule has 2 N–H and O–H groups in total. The highest BCUT2D eigenvalue weighted by atomic mass is 35.5. The number of hydrogen-bond donors (Lipinski definition) is 2. The lowest BCUT2D eigenvalue weighted by Crippen LogP contribution is -2.49. The zero-order chi connectivity index (χ0) is 21.3. The lowest BCUT2D eigenvalue weighted by Gasteiger charge is -2.27. The third-order valence-electron chi connectivity index (χ3n) is 4.75. The van der Waals surface area contributed by atoms with E-state index in [9.17, 15) is 23.7 Å². The molecule has 3 rings (SSSR count). The summed E-state index contributed by atoms with van der Waals surface area (Å²) < 4.78 is 41.3. The second-order valence-electron chi connectivity index (χ2n) is 6.81. The molecule has 0 aromatic heterocycles. The van der Waals surface area contributed by atoms with Crippen LogP contribution >= 0.6 is 11.6 Å². The fraction of sp³-hybridized carbons (Fsp3) is 0.316. The molecule has 1 aliphatic rings. The lowest BCUT2D eigenvalue weighted by atomic mass is 10.1. The summed E-state index contributed by atoms with van der Waals surface area (Å²) in [6, 6.07) is 10.2. The average molecular weight is 457 g/mol. The standard InChI is InChI=1S/C19H18ClFN2O4S2/c1-12-2-5-17(15(20)6-12)29(27)23-9-18(19(25,10-23)11-24)28(26)14-4-3-13(8-22)16(21)7-14/h2-7,18,24-25H,9-11H2,1H3/t18-,19?,28?,29?/m0/s1. The van der Waals surface area contributed by atoms with Crippen molar-refractivity contribution in [2.45, 2.75) is 27.6 Å². The van der Waals surface area contributed by atoms with Crippen molar-refractivity contribution in [3.8, 4) is 6.07 Å². The van der Waals surface area contributed by atoms with Crippen LogP contribution < -0.4 is 0 Å². The fourth-order valence-electron chi connectivity index (χ4n) is 3.13. The fourth-order valence-corrected chi connectivity index (χ4v) is 6.59. The summed E-state index contributed by atoms with van der Waals surface area (Å²) in [6.45, 7) is 0.865. The zero-order valence-corrected chi connectivity index (χ0v) is 17.7. The van der Waals surface area contributed by atoms with Crippen LogP contribution in [0.25, 0.3) is 0 Å². The van der Waals surface area contributed by atoms with E-state index in [0.29, 0.717) is 9.92 Å². The number of aliphatic hydroxyl groups excluding tert-OH is 1. The van der Waals surface area contributed by atoms with Gasteiger partial charge in [0.2, 0.25) is 0 Å². The first-order chi connectivity index (χ1) is 13.7. The molecule has 6 nitrogen and oxygen atoms in total. The van der Waals surface area contributed by atoms with Crippen LogP contribution in [0.15, 0.2) is 46.2 Å². The van der Waals surface area contributed by atoms with Crippen molar-refractivity contribution in [3.05, 3.63) is 58.4 Å². The molecule has 0 spiro atoms. The minimum Gasteiger partial charge on any atom is -0.611 e. The zero-order valence-electron chi connectivity index (χ0n) is 15.3. The van der Waals surface area contributed by atoms with Crippen LogP contribution in [-0.4, -0.2) is 54.2 Å². The Bertz CT molecular complexity index is 960. The molecular weight excluding hydrogens is 439 g/mol. The summed E-state index contributed by atoms with van der Waals surface area (Å²) in [5.74, 6) is -0.823. The molecule has 2 aromatic carbocycles. The van der Waals surface area contributed by atoms with Gasteiger partial charge in [-0.15, -0.1) is 4.31 Å². The Balaban J connectivity index is 1.87. The van der Waals surface area contributed by atoms with Crippen LogP contribution in [0.4, 0.5) is 4.39 Å². The molecule has 154 valence electrons. The molecule has 1 fully saturated rings. The van der Waals surface area contributed by atoms with Crippen LogP contribution in [0.3, 0.4) is 0 Å². The SMILES string of the molecule is Cc1ccc([S+]([O-])N2C[C@H]([S+]([O-])c3ccc(C#N)c(F)c3)C(O)(CO)C2)c(Cl)c1. The van der Waals surface area contributed by atoms with Crippen molar-refractivity contribution in [1.29, 1.82) is 5.26 Å². The van der Waals surface area contributed by atoms with Crippen LogP contribution in [0, 0.1) is 24.1 Å². The summed E-state index contributed by atoms with van der Waals surface area (Å²) in [6.07, 6.45) is 0. The number of halogens is 2. The average Bonchev–Trinajstić information content (AvgIpc) is 3.05. The van der Waals surface area contributed by atoms with Gasteiger partial charge in [-0.05, 0) is 47.9 Å². The van der Waals surface area contributed by atoms with Gasteiger partial charge in [0.25, 0.3) is 0 Å². The topological polar surface area (TPSA) is 114 Å². The number of aliphatic hydroxyl groups is 2. The molecule has 1 saturated heterocycles. The molecule has 3 unspecified atom stereocenters. The van der Waals surface area contributed by atoms with E-state index >= 15 is 0 Å². The molecule has 4 atom stereocenters. The maximum Gasteiger partial charge on any atom is 0.192 e. The number of benzene rings is 2. The number of nitriles is 1. The van der Waals surface area contributed by atoms with Gasteiger partial charge in [-0.3, -0.25) is 0 Å².